The van der Waals surface area contributed by atoms with Crippen molar-refractivity contribution in [2.24, 2.45) is 11.7 Å². The van der Waals surface area contributed by atoms with E-state index in [1.165, 1.54) is 32.1 Å². The van der Waals surface area contributed by atoms with Crippen LogP contribution in [-0.2, 0) is 4.74 Å². The summed E-state index contributed by atoms with van der Waals surface area (Å²) in [5.74, 6) is 0.711. The molecular weight excluding hydrogens is 238 g/mol. The van der Waals surface area contributed by atoms with Crippen molar-refractivity contribution in [3.8, 4) is 0 Å². The molecule has 2 N–H and O–H groups in total. The van der Waals surface area contributed by atoms with E-state index >= 15 is 0 Å². The minimum absolute atomic E-state index is 0.396. The molecule has 0 aromatic carbocycles. The lowest BCUT2D eigenvalue weighted by Gasteiger charge is -2.51. The fraction of sp³-hybridized carbons (Fsp3) is 1.00. The lowest BCUT2D eigenvalue weighted by atomic mass is 9.75. The number of rotatable bonds is 6. The van der Waals surface area contributed by atoms with Crippen LogP contribution < -0.4 is 5.73 Å². The van der Waals surface area contributed by atoms with Crippen LogP contribution in [0.15, 0.2) is 0 Å². The molecule has 0 aromatic heterocycles. The monoisotopic (exact) mass is 269 g/mol. The van der Waals surface area contributed by atoms with E-state index in [-0.39, 0.29) is 0 Å². The van der Waals surface area contributed by atoms with Crippen LogP contribution in [0.25, 0.3) is 0 Å². The summed E-state index contributed by atoms with van der Waals surface area (Å²) in [6.07, 6.45) is 6.36. The molecule has 0 radical (unpaired) electrons. The molecule has 2 fully saturated rings. The van der Waals surface area contributed by atoms with Gasteiger partial charge in [0.1, 0.15) is 0 Å². The summed E-state index contributed by atoms with van der Waals surface area (Å²) in [6.45, 7) is 3.74. The summed E-state index contributed by atoms with van der Waals surface area (Å²) in [5, 5.41) is 0. The Morgan fingerprint density at radius 1 is 1.21 bits per heavy atom. The van der Waals surface area contributed by atoms with Crippen LogP contribution in [0.1, 0.15) is 32.1 Å². The van der Waals surface area contributed by atoms with E-state index in [9.17, 15) is 0 Å². The molecule has 1 heterocycles. The van der Waals surface area contributed by atoms with E-state index in [0.717, 1.165) is 26.3 Å². The van der Waals surface area contributed by atoms with Crippen molar-refractivity contribution in [2.75, 3.05) is 47.4 Å². The topological polar surface area (TPSA) is 41.7 Å². The second-order valence-electron chi connectivity index (χ2n) is 6.64. The molecular formula is C15H31N3O. The van der Waals surface area contributed by atoms with E-state index in [1.54, 1.807) is 0 Å². The first-order chi connectivity index (χ1) is 9.09. The molecule has 0 aromatic rings. The molecule has 0 bridgehead atoms. The Kier molecular flexibility index (Phi) is 5.23. The number of nitrogens with zero attached hydrogens (tertiary/aromatic N) is 2. The van der Waals surface area contributed by atoms with Gasteiger partial charge in [-0.15, -0.1) is 0 Å². The van der Waals surface area contributed by atoms with Gasteiger partial charge in [0.25, 0.3) is 0 Å². The van der Waals surface area contributed by atoms with Crippen LogP contribution in [0.5, 0.6) is 0 Å². The van der Waals surface area contributed by atoms with E-state index in [0.29, 0.717) is 17.5 Å². The van der Waals surface area contributed by atoms with Gasteiger partial charge in [0, 0.05) is 37.9 Å². The van der Waals surface area contributed by atoms with Crippen LogP contribution in [0.2, 0.25) is 0 Å². The van der Waals surface area contributed by atoms with Gasteiger partial charge in [-0.05, 0) is 59.2 Å². The Balaban J connectivity index is 1.94. The largest absolute Gasteiger partial charge is 0.381 e. The zero-order chi connectivity index (χ0) is 13.9. The smallest absolute Gasteiger partial charge is 0.0469 e. The maximum absolute atomic E-state index is 6.06. The summed E-state index contributed by atoms with van der Waals surface area (Å²) in [5.41, 5.74) is 6.46. The molecule has 19 heavy (non-hydrogen) atoms. The Morgan fingerprint density at radius 3 is 2.26 bits per heavy atom. The van der Waals surface area contributed by atoms with E-state index < -0.39 is 0 Å². The van der Waals surface area contributed by atoms with Crippen molar-refractivity contribution in [3.63, 3.8) is 0 Å². The van der Waals surface area contributed by atoms with Gasteiger partial charge in [-0.1, -0.05) is 0 Å². The summed E-state index contributed by atoms with van der Waals surface area (Å²) in [6, 6.07) is 0.515. The molecule has 4 nitrogen and oxygen atoms in total. The van der Waals surface area contributed by atoms with Crippen molar-refractivity contribution in [1.82, 2.24) is 9.80 Å². The van der Waals surface area contributed by atoms with E-state index in [4.69, 9.17) is 10.5 Å². The molecule has 112 valence electrons. The Bertz CT molecular complexity index is 273. The van der Waals surface area contributed by atoms with Crippen LogP contribution in [0.4, 0.5) is 0 Å². The molecule has 1 aliphatic heterocycles. The minimum Gasteiger partial charge on any atom is -0.381 e. The highest BCUT2D eigenvalue weighted by atomic mass is 16.5. The zero-order valence-corrected chi connectivity index (χ0v) is 12.9. The van der Waals surface area contributed by atoms with Crippen LogP contribution in [0, 0.1) is 5.92 Å². The number of likely N-dealkylation sites (N-methyl/N-ethyl adjacent to an activating group) is 2. The van der Waals surface area contributed by atoms with Crippen LogP contribution >= 0.6 is 0 Å². The molecule has 2 rings (SSSR count). The predicted molar refractivity (Wildman–Crippen MR) is 79.3 cm³/mol. The molecule has 4 heteroatoms. The van der Waals surface area contributed by atoms with Crippen LogP contribution in [0.3, 0.4) is 0 Å². The van der Waals surface area contributed by atoms with Crippen molar-refractivity contribution in [3.05, 3.63) is 0 Å². The van der Waals surface area contributed by atoms with Crippen molar-refractivity contribution in [1.29, 1.82) is 0 Å². The van der Waals surface area contributed by atoms with Crippen molar-refractivity contribution < 1.29 is 4.74 Å². The molecule has 1 atom stereocenters. The predicted octanol–water partition coefficient (Wildman–Crippen LogP) is 1.16. The molecule has 2 aliphatic rings. The highest BCUT2D eigenvalue weighted by Gasteiger charge is 2.41. The second kappa shape index (κ2) is 6.53. The molecule has 1 aliphatic carbocycles. The first kappa shape index (κ1) is 15.2. The van der Waals surface area contributed by atoms with Gasteiger partial charge in [-0.3, -0.25) is 0 Å². The summed E-state index contributed by atoms with van der Waals surface area (Å²) < 4.78 is 5.48. The highest BCUT2D eigenvalue weighted by Crippen LogP contribution is 2.37. The third-order valence-electron chi connectivity index (χ3n) is 5.39. The lowest BCUT2D eigenvalue weighted by molar-refractivity contribution is -0.00973. The summed E-state index contributed by atoms with van der Waals surface area (Å²) >= 11 is 0. The fourth-order valence-electron chi connectivity index (χ4n) is 3.75. The second-order valence-corrected chi connectivity index (χ2v) is 6.64. The van der Waals surface area contributed by atoms with Gasteiger partial charge in [0.15, 0.2) is 0 Å². The SMILES string of the molecule is CN(CC1(N(C)C)CCC1)C(CN)C1CCOCC1. The van der Waals surface area contributed by atoms with Gasteiger partial charge in [0.05, 0.1) is 0 Å². The normalized spacial score (nSPS) is 25.6. The third-order valence-corrected chi connectivity index (χ3v) is 5.39. The van der Waals surface area contributed by atoms with E-state index in [2.05, 4.69) is 30.9 Å². The zero-order valence-electron chi connectivity index (χ0n) is 12.9. The summed E-state index contributed by atoms with van der Waals surface area (Å²) in [7, 11) is 6.70. The van der Waals surface area contributed by atoms with Crippen molar-refractivity contribution >= 4 is 0 Å². The van der Waals surface area contributed by atoms with Gasteiger partial charge >= 0.3 is 0 Å². The van der Waals surface area contributed by atoms with Crippen molar-refractivity contribution in [2.45, 2.75) is 43.7 Å². The molecule has 0 spiro atoms. The third kappa shape index (κ3) is 3.30. The Labute approximate surface area is 118 Å². The summed E-state index contributed by atoms with van der Waals surface area (Å²) in [4.78, 5) is 4.94. The standard InChI is InChI=1S/C15H31N3O/c1-17(2)15(7-4-8-15)12-18(3)14(11-16)13-5-9-19-10-6-13/h13-14H,4-12,16H2,1-3H3. The van der Waals surface area contributed by atoms with Gasteiger partial charge < -0.3 is 20.3 Å². The number of ether oxygens (including phenoxy) is 1. The van der Waals surface area contributed by atoms with Gasteiger partial charge in [-0.2, -0.15) is 0 Å². The Morgan fingerprint density at radius 2 is 1.84 bits per heavy atom. The number of nitrogens with two attached hydrogens (primary N) is 1. The Hall–Kier alpha value is -0.160. The van der Waals surface area contributed by atoms with E-state index in [1.807, 2.05) is 0 Å². The average molecular weight is 269 g/mol. The van der Waals surface area contributed by atoms with Gasteiger partial charge in [-0.25, -0.2) is 0 Å². The number of hydrogen-bond donors (Lipinski definition) is 1. The van der Waals surface area contributed by atoms with Gasteiger partial charge in [0.2, 0.25) is 0 Å². The molecule has 1 saturated heterocycles. The first-order valence-corrected chi connectivity index (χ1v) is 7.74. The highest BCUT2D eigenvalue weighted by molar-refractivity contribution is 4.99. The fourth-order valence-corrected chi connectivity index (χ4v) is 3.75. The lowest BCUT2D eigenvalue weighted by Crippen LogP contribution is -2.59. The number of hydrogen-bond acceptors (Lipinski definition) is 4. The minimum atomic E-state index is 0.396. The molecule has 0 amide bonds. The average Bonchev–Trinajstić information content (AvgIpc) is 2.35. The van der Waals surface area contributed by atoms with Crippen LogP contribution in [-0.4, -0.2) is 68.8 Å². The quantitative estimate of drug-likeness (QED) is 0.785. The molecule has 1 unspecified atom stereocenters. The first-order valence-electron chi connectivity index (χ1n) is 7.74. The maximum atomic E-state index is 6.06. The molecule has 1 saturated carbocycles. The maximum Gasteiger partial charge on any atom is 0.0469 e.